The van der Waals surface area contributed by atoms with Gasteiger partial charge in [0, 0.05) is 12.1 Å². The van der Waals surface area contributed by atoms with Crippen LogP contribution in [-0.2, 0) is 0 Å². The van der Waals surface area contributed by atoms with Crippen LogP contribution in [0.3, 0.4) is 0 Å². The Bertz CT molecular complexity index is 530. The molecule has 0 amide bonds. The second-order valence-corrected chi connectivity index (χ2v) is 7.08. The summed E-state index contributed by atoms with van der Waals surface area (Å²) >= 11 is 0. The quantitative estimate of drug-likeness (QED) is 0.568. The molecule has 1 fully saturated rings. The van der Waals surface area contributed by atoms with Crippen LogP contribution in [0.2, 0.25) is 0 Å². The first-order chi connectivity index (χ1) is 12.6. The van der Waals surface area contributed by atoms with E-state index in [2.05, 4.69) is 41.0 Å². The van der Waals surface area contributed by atoms with E-state index in [-0.39, 0.29) is 18.0 Å². The number of rotatable bonds is 12. The first-order valence-electron chi connectivity index (χ1n) is 10.0. The zero-order chi connectivity index (χ0) is 18.8. The zero-order valence-corrected chi connectivity index (χ0v) is 16.7. The minimum Gasteiger partial charge on any atom is -0.463 e. The second-order valence-electron chi connectivity index (χ2n) is 7.08. The van der Waals surface area contributed by atoms with Crippen molar-refractivity contribution in [2.24, 2.45) is 5.92 Å². The molecule has 148 valence electrons. The van der Waals surface area contributed by atoms with Gasteiger partial charge >= 0.3 is 18.0 Å². The molecule has 1 aliphatic heterocycles. The SMILES string of the molecule is CCCCOc1nc(OCCC)nc(OCCCC2CC(C)NC2C)n1. The maximum Gasteiger partial charge on any atom is 0.325 e. The predicted octanol–water partition coefficient (Wildman–Crippen LogP) is 3.38. The van der Waals surface area contributed by atoms with Crippen LogP contribution < -0.4 is 19.5 Å². The molecule has 1 aromatic heterocycles. The molecule has 1 aromatic rings. The third-order valence-electron chi connectivity index (χ3n) is 4.60. The highest BCUT2D eigenvalue weighted by Crippen LogP contribution is 2.24. The highest BCUT2D eigenvalue weighted by atomic mass is 16.5. The summed E-state index contributed by atoms with van der Waals surface area (Å²) in [6.45, 7) is 10.4. The lowest BCUT2D eigenvalue weighted by Gasteiger charge is -2.14. The summed E-state index contributed by atoms with van der Waals surface area (Å²) in [6, 6.07) is 2.02. The average Bonchev–Trinajstić information content (AvgIpc) is 2.94. The van der Waals surface area contributed by atoms with Gasteiger partial charge < -0.3 is 19.5 Å². The van der Waals surface area contributed by atoms with Crippen LogP contribution in [0.4, 0.5) is 0 Å². The zero-order valence-electron chi connectivity index (χ0n) is 16.7. The Balaban J connectivity index is 1.84. The van der Waals surface area contributed by atoms with Crippen LogP contribution in [0.5, 0.6) is 18.0 Å². The topological polar surface area (TPSA) is 78.4 Å². The molecule has 7 heteroatoms. The molecule has 0 aromatic carbocycles. The van der Waals surface area contributed by atoms with E-state index in [4.69, 9.17) is 14.2 Å². The highest BCUT2D eigenvalue weighted by molar-refractivity contribution is 5.09. The number of nitrogens with one attached hydrogen (secondary N) is 1. The second kappa shape index (κ2) is 11.2. The number of unbranched alkanes of at least 4 members (excludes halogenated alkanes) is 1. The van der Waals surface area contributed by atoms with Crippen molar-refractivity contribution in [2.45, 2.75) is 78.3 Å². The summed E-state index contributed by atoms with van der Waals surface area (Å²) in [5.74, 6) is 0.711. The van der Waals surface area contributed by atoms with Gasteiger partial charge in [-0.05, 0) is 51.9 Å². The van der Waals surface area contributed by atoms with Crippen molar-refractivity contribution in [3.8, 4) is 18.0 Å². The van der Waals surface area contributed by atoms with E-state index in [1.807, 2.05) is 6.92 Å². The molecule has 7 nitrogen and oxygen atoms in total. The van der Waals surface area contributed by atoms with Crippen molar-refractivity contribution >= 4 is 0 Å². The first-order valence-corrected chi connectivity index (χ1v) is 10.0. The predicted molar refractivity (Wildman–Crippen MR) is 101 cm³/mol. The summed E-state index contributed by atoms with van der Waals surface area (Å²) in [4.78, 5) is 12.7. The number of nitrogens with zero attached hydrogens (tertiary/aromatic N) is 3. The van der Waals surface area contributed by atoms with Gasteiger partial charge in [0.15, 0.2) is 0 Å². The fraction of sp³-hybridized carbons (Fsp3) is 0.842. The van der Waals surface area contributed by atoms with Crippen LogP contribution in [-0.4, -0.2) is 46.9 Å². The summed E-state index contributed by atoms with van der Waals surface area (Å²) in [5.41, 5.74) is 0. The largest absolute Gasteiger partial charge is 0.463 e. The molecular formula is C19H34N4O3. The molecule has 2 heterocycles. The van der Waals surface area contributed by atoms with E-state index in [9.17, 15) is 0 Å². The van der Waals surface area contributed by atoms with Gasteiger partial charge in [-0.25, -0.2) is 0 Å². The van der Waals surface area contributed by atoms with Crippen LogP contribution >= 0.6 is 0 Å². The molecule has 2 rings (SSSR count). The van der Waals surface area contributed by atoms with Gasteiger partial charge in [0.2, 0.25) is 0 Å². The van der Waals surface area contributed by atoms with E-state index < -0.39 is 0 Å². The van der Waals surface area contributed by atoms with Gasteiger partial charge in [0.05, 0.1) is 19.8 Å². The molecule has 0 spiro atoms. The summed E-state index contributed by atoms with van der Waals surface area (Å²) in [5, 5.41) is 3.58. The van der Waals surface area contributed by atoms with Crippen LogP contribution in [0.15, 0.2) is 0 Å². The van der Waals surface area contributed by atoms with Gasteiger partial charge in [0.1, 0.15) is 0 Å². The Hall–Kier alpha value is -1.63. The normalized spacial score (nSPS) is 22.4. The van der Waals surface area contributed by atoms with E-state index in [1.54, 1.807) is 0 Å². The van der Waals surface area contributed by atoms with Crippen molar-refractivity contribution in [1.29, 1.82) is 0 Å². The first kappa shape index (κ1) is 20.7. The monoisotopic (exact) mass is 366 g/mol. The van der Waals surface area contributed by atoms with Gasteiger partial charge in [-0.1, -0.05) is 20.3 Å². The van der Waals surface area contributed by atoms with E-state index >= 15 is 0 Å². The summed E-state index contributed by atoms with van der Waals surface area (Å²) in [7, 11) is 0. The molecule has 1 N–H and O–H groups in total. The van der Waals surface area contributed by atoms with E-state index in [0.717, 1.165) is 32.1 Å². The van der Waals surface area contributed by atoms with Gasteiger partial charge in [-0.2, -0.15) is 0 Å². The maximum absolute atomic E-state index is 5.75. The number of hydrogen-bond acceptors (Lipinski definition) is 7. The average molecular weight is 367 g/mol. The molecule has 0 radical (unpaired) electrons. The van der Waals surface area contributed by atoms with Crippen LogP contribution in [0, 0.1) is 5.92 Å². The highest BCUT2D eigenvalue weighted by Gasteiger charge is 2.27. The maximum atomic E-state index is 5.75. The summed E-state index contributed by atoms with van der Waals surface area (Å²) < 4.78 is 16.9. The standard InChI is InChI=1S/C19H34N4O3/c1-5-7-11-25-18-21-17(24-10-6-2)22-19(23-18)26-12-8-9-16-13-14(3)20-15(16)4/h14-16,20H,5-13H2,1-4H3. The number of hydrogen-bond donors (Lipinski definition) is 1. The third kappa shape index (κ3) is 6.94. The fourth-order valence-corrected chi connectivity index (χ4v) is 3.20. The molecule has 26 heavy (non-hydrogen) atoms. The molecule has 0 bridgehead atoms. The molecular weight excluding hydrogens is 332 g/mol. The van der Waals surface area contributed by atoms with E-state index in [0.29, 0.717) is 37.8 Å². The van der Waals surface area contributed by atoms with Crippen LogP contribution in [0.1, 0.15) is 66.2 Å². The molecule has 0 saturated carbocycles. The Kier molecular flexibility index (Phi) is 8.88. The third-order valence-corrected chi connectivity index (χ3v) is 4.60. The lowest BCUT2D eigenvalue weighted by molar-refractivity contribution is 0.227. The van der Waals surface area contributed by atoms with Crippen molar-refractivity contribution in [1.82, 2.24) is 20.3 Å². The molecule has 3 atom stereocenters. The molecule has 1 saturated heterocycles. The fourth-order valence-electron chi connectivity index (χ4n) is 3.20. The van der Waals surface area contributed by atoms with E-state index in [1.165, 1.54) is 6.42 Å². The van der Waals surface area contributed by atoms with Crippen molar-refractivity contribution in [3.63, 3.8) is 0 Å². The lowest BCUT2D eigenvalue weighted by Crippen LogP contribution is -2.26. The smallest absolute Gasteiger partial charge is 0.325 e. The number of aromatic nitrogens is 3. The Morgan fingerprint density at radius 3 is 1.92 bits per heavy atom. The minimum atomic E-state index is 0.269. The van der Waals surface area contributed by atoms with Crippen molar-refractivity contribution in [3.05, 3.63) is 0 Å². The minimum absolute atomic E-state index is 0.269. The summed E-state index contributed by atoms with van der Waals surface area (Å²) in [6.07, 6.45) is 6.26. The molecule has 0 aliphatic carbocycles. The van der Waals surface area contributed by atoms with Gasteiger partial charge in [0.25, 0.3) is 0 Å². The van der Waals surface area contributed by atoms with Gasteiger partial charge in [-0.15, -0.1) is 15.0 Å². The molecule has 3 unspecified atom stereocenters. The molecule has 1 aliphatic rings. The van der Waals surface area contributed by atoms with Crippen molar-refractivity contribution < 1.29 is 14.2 Å². The van der Waals surface area contributed by atoms with Gasteiger partial charge in [-0.3, -0.25) is 0 Å². The number of ether oxygens (including phenoxy) is 3. The van der Waals surface area contributed by atoms with Crippen molar-refractivity contribution in [2.75, 3.05) is 19.8 Å². The Morgan fingerprint density at radius 2 is 1.42 bits per heavy atom. The lowest BCUT2D eigenvalue weighted by atomic mass is 9.95. The van der Waals surface area contributed by atoms with Crippen LogP contribution in [0.25, 0.3) is 0 Å². The Labute approximate surface area is 157 Å². The Morgan fingerprint density at radius 1 is 0.846 bits per heavy atom.